The number of nitrogens with zero attached hydrogens (tertiary/aromatic N) is 2. The lowest BCUT2D eigenvalue weighted by Crippen LogP contribution is -2.46. The first-order valence-corrected chi connectivity index (χ1v) is 10.8. The number of rotatable bonds is 6. The third-order valence-corrected chi connectivity index (χ3v) is 6.12. The van der Waals surface area contributed by atoms with Crippen LogP contribution in [0.2, 0.25) is 0 Å². The molecule has 1 fully saturated rings. The molecule has 2 aliphatic rings. The summed E-state index contributed by atoms with van der Waals surface area (Å²) >= 11 is 3.49. The lowest BCUT2D eigenvalue weighted by Gasteiger charge is -2.36. The van der Waals surface area contributed by atoms with E-state index in [9.17, 15) is 5.11 Å². The molecule has 0 amide bonds. The largest absolute Gasteiger partial charge is 0.388 e. The number of hydrogen-bond donors (Lipinski definition) is 1. The number of anilines is 1. The molecule has 1 N–H and O–H groups in total. The van der Waals surface area contributed by atoms with Crippen LogP contribution >= 0.6 is 15.9 Å². The van der Waals surface area contributed by atoms with Gasteiger partial charge in [0.15, 0.2) is 5.75 Å². The average molecular weight is 447 g/mol. The van der Waals surface area contributed by atoms with Crippen LogP contribution < -0.4 is 9.79 Å². The predicted molar refractivity (Wildman–Crippen MR) is 114 cm³/mol. The quantitative estimate of drug-likeness (QED) is 0.680. The molecule has 5 nitrogen and oxygen atoms in total. The van der Waals surface area contributed by atoms with Crippen molar-refractivity contribution in [2.45, 2.75) is 25.4 Å². The lowest BCUT2D eigenvalue weighted by atomic mass is 10.00. The third kappa shape index (κ3) is 4.87. The summed E-state index contributed by atoms with van der Waals surface area (Å²) in [4.78, 5) is 15.1. The van der Waals surface area contributed by atoms with E-state index in [2.05, 4.69) is 56.1 Å². The van der Waals surface area contributed by atoms with Gasteiger partial charge in [0, 0.05) is 48.3 Å². The van der Waals surface area contributed by atoms with Gasteiger partial charge < -0.3 is 14.9 Å². The normalized spacial score (nSPS) is 18.4. The Labute approximate surface area is 174 Å². The van der Waals surface area contributed by atoms with E-state index in [0.717, 1.165) is 73.3 Å². The zero-order valence-electron chi connectivity index (χ0n) is 16.0. The minimum absolute atomic E-state index is 0.419. The second-order valence-electron chi connectivity index (χ2n) is 7.49. The Hall–Kier alpha value is -1.60. The van der Waals surface area contributed by atoms with Crippen molar-refractivity contribution in [2.75, 3.05) is 44.2 Å². The lowest BCUT2D eigenvalue weighted by molar-refractivity contribution is -0.215. The van der Waals surface area contributed by atoms with Crippen LogP contribution in [0.25, 0.3) is 0 Å². The van der Waals surface area contributed by atoms with Gasteiger partial charge in [-0.05, 0) is 61.3 Å². The monoisotopic (exact) mass is 446 g/mol. The first kappa shape index (κ1) is 19.7. The highest BCUT2D eigenvalue weighted by Gasteiger charge is 2.18. The summed E-state index contributed by atoms with van der Waals surface area (Å²) in [5.41, 5.74) is 3.39. The average Bonchev–Trinajstić information content (AvgIpc) is 2.74. The fraction of sp³-hybridized carbons (Fsp3) is 0.455. The van der Waals surface area contributed by atoms with Crippen molar-refractivity contribution in [3.63, 3.8) is 0 Å². The summed E-state index contributed by atoms with van der Waals surface area (Å²) in [5.74, 6) is 0.769. The molecule has 4 rings (SSSR count). The maximum Gasteiger partial charge on any atom is 0.168 e. The standard InChI is InChI=1S/C22H27BrN2O3/c23-19-4-6-20(7-5-19)25-13-11-24(12-14-25)10-1-2-21(26)17-3-8-22-18(16-17)9-15-27-28-22/h3-8,16,21,26H,1-2,9-15H2. The number of aliphatic hydroxyl groups excluding tert-OH is 1. The van der Waals surface area contributed by atoms with Gasteiger partial charge in [-0.1, -0.05) is 22.0 Å². The van der Waals surface area contributed by atoms with Crippen LogP contribution in [0.4, 0.5) is 5.69 Å². The van der Waals surface area contributed by atoms with Gasteiger partial charge in [0.25, 0.3) is 0 Å². The van der Waals surface area contributed by atoms with Crippen LogP contribution in [0.5, 0.6) is 5.75 Å². The Morgan fingerprint density at radius 3 is 2.61 bits per heavy atom. The van der Waals surface area contributed by atoms with E-state index in [0.29, 0.717) is 6.61 Å². The Balaban J connectivity index is 1.21. The molecule has 2 aliphatic heterocycles. The van der Waals surface area contributed by atoms with Gasteiger partial charge in [0.05, 0.1) is 12.7 Å². The molecule has 150 valence electrons. The topological polar surface area (TPSA) is 45.2 Å². The van der Waals surface area contributed by atoms with Crippen LogP contribution in [0.15, 0.2) is 46.9 Å². The summed E-state index contributed by atoms with van der Waals surface area (Å²) in [7, 11) is 0. The summed E-state index contributed by atoms with van der Waals surface area (Å²) in [5, 5.41) is 10.6. The molecular weight excluding hydrogens is 420 g/mol. The third-order valence-electron chi connectivity index (χ3n) is 5.59. The Bertz CT molecular complexity index is 776. The number of fused-ring (bicyclic) bond motifs is 1. The van der Waals surface area contributed by atoms with Crippen LogP contribution in [0, 0.1) is 0 Å². The number of hydrogen-bond acceptors (Lipinski definition) is 5. The molecule has 0 radical (unpaired) electrons. The van der Waals surface area contributed by atoms with Crippen molar-refractivity contribution in [2.24, 2.45) is 0 Å². The molecule has 1 atom stereocenters. The Morgan fingerprint density at radius 2 is 1.82 bits per heavy atom. The van der Waals surface area contributed by atoms with Crippen LogP contribution in [0.3, 0.4) is 0 Å². The molecule has 6 heteroatoms. The number of halogens is 1. The van der Waals surface area contributed by atoms with E-state index in [-0.39, 0.29) is 0 Å². The molecule has 0 aromatic heterocycles. The van der Waals surface area contributed by atoms with Crippen molar-refractivity contribution in [1.29, 1.82) is 0 Å². The molecule has 2 aromatic carbocycles. The summed E-state index contributed by atoms with van der Waals surface area (Å²) in [6, 6.07) is 14.4. The van der Waals surface area contributed by atoms with Crippen molar-refractivity contribution in [3.05, 3.63) is 58.1 Å². The summed E-state index contributed by atoms with van der Waals surface area (Å²) in [6.45, 7) is 5.85. The van der Waals surface area contributed by atoms with E-state index >= 15 is 0 Å². The highest BCUT2D eigenvalue weighted by molar-refractivity contribution is 9.10. The smallest absolute Gasteiger partial charge is 0.168 e. The van der Waals surface area contributed by atoms with Gasteiger partial charge >= 0.3 is 0 Å². The van der Waals surface area contributed by atoms with Crippen LogP contribution in [-0.4, -0.2) is 49.3 Å². The molecule has 1 saturated heterocycles. The Kier molecular flexibility index (Phi) is 6.52. The van der Waals surface area contributed by atoms with Gasteiger partial charge in [-0.3, -0.25) is 4.90 Å². The summed E-state index contributed by atoms with van der Waals surface area (Å²) in [6.07, 6.45) is 2.19. The summed E-state index contributed by atoms with van der Waals surface area (Å²) < 4.78 is 1.12. The fourth-order valence-electron chi connectivity index (χ4n) is 3.90. The second-order valence-corrected chi connectivity index (χ2v) is 8.40. The van der Waals surface area contributed by atoms with Gasteiger partial charge in [-0.25, -0.2) is 0 Å². The zero-order valence-corrected chi connectivity index (χ0v) is 17.6. The van der Waals surface area contributed by atoms with Crippen molar-refractivity contribution >= 4 is 21.6 Å². The van der Waals surface area contributed by atoms with Crippen molar-refractivity contribution < 1.29 is 14.9 Å². The second kappa shape index (κ2) is 9.27. The fourth-order valence-corrected chi connectivity index (χ4v) is 4.16. The van der Waals surface area contributed by atoms with Crippen LogP contribution in [0.1, 0.15) is 30.1 Å². The maximum atomic E-state index is 10.6. The molecule has 0 bridgehead atoms. The van der Waals surface area contributed by atoms with E-state index in [1.54, 1.807) is 0 Å². The van der Waals surface area contributed by atoms with E-state index < -0.39 is 6.10 Å². The molecule has 0 aliphatic carbocycles. The Morgan fingerprint density at radius 1 is 1.04 bits per heavy atom. The van der Waals surface area contributed by atoms with Gasteiger partial charge in [0.2, 0.25) is 0 Å². The first-order chi connectivity index (χ1) is 13.7. The highest BCUT2D eigenvalue weighted by atomic mass is 79.9. The number of benzene rings is 2. The van der Waals surface area contributed by atoms with Crippen LogP contribution in [-0.2, 0) is 11.3 Å². The zero-order chi connectivity index (χ0) is 19.3. The molecule has 0 saturated carbocycles. The van der Waals surface area contributed by atoms with Gasteiger partial charge in [-0.2, -0.15) is 4.89 Å². The SMILES string of the molecule is OC(CCCN1CCN(c2ccc(Br)cc2)CC1)c1ccc2c(c1)CCOO2. The molecule has 28 heavy (non-hydrogen) atoms. The molecular formula is C22H27BrN2O3. The van der Waals surface area contributed by atoms with Crippen molar-refractivity contribution in [3.8, 4) is 5.75 Å². The number of piperazine rings is 1. The highest BCUT2D eigenvalue weighted by Crippen LogP contribution is 2.28. The van der Waals surface area contributed by atoms with Gasteiger partial charge in [0.1, 0.15) is 0 Å². The van der Waals surface area contributed by atoms with E-state index in [1.807, 2.05) is 12.1 Å². The van der Waals surface area contributed by atoms with Crippen molar-refractivity contribution in [1.82, 2.24) is 4.90 Å². The molecule has 2 aromatic rings. The van der Waals surface area contributed by atoms with Gasteiger partial charge in [-0.15, -0.1) is 0 Å². The van der Waals surface area contributed by atoms with E-state index in [1.165, 1.54) is 5.69 Å². The molecule has 1 unspecified atom stereocenters. The molecule has 0 spiro atoms. The number of aliphatic hydroxyl groups is 1. The predicted octanol–water partition coefficient (Wildman–Crippen LogP) is 3.95. The first-order valence-electron chi connectivity index (χ1n) is 10.0. The minimum atomic E-state index is -0.419. The molecule has 2 heterocycles. The minimum Gasteiger partial charge on any atom is -0.388 e. The van der Waals surface area contributed by atoms with E-state index in [4.69, 9.17) is 9.78 Å². The maximum absolute atomic E-state index is 10.6.